The number of benzene rings is 1. The van der Waals surface area contributed by atoms with Gasteiger partial charge in [0, 0.05) is 56.3 Å². The molecule has 0 N–H and O–H groups in total. The van der Waals surface area contributed by atoms with Crippen molar-refractivity contribution in [2.24, 2.45) is 7.05 Å². The van der Waals surface area contributed by atoms with E-state index in [0.29, 0.717) is 43.4 Å². The van der Waals surface area contributed by atoms with Gasteiger partial charge in [0.1, 0.15) is 11.9 Å². The smallest absolute Gasteiger partial charge is 0.316 e. The quantitative estimate of drug-likeness (QED) is 0.597. The van der Waals surface area contributed by atoms with Crippen molar-refractivity contribution >= 4 is 10.0 Å². The van der Waals surface area contributed by atoms with Crippen LogP contribution in [0, 0.1) is 0 Å². The fourth-order valence-corrected chi connectivity index (χ4v) is 5.43. The molecule has 1 fully saturated rings. The van der Waals surface area contributed by atoms with Gasteiger partial charge in [0.05, 0.1) is 17.7 Å². The number of aromatic nitrogens is 4. The molecule has 3 aromatic rings. The lowest BCUT2D eigenvalue weighted by molar-refractivity contribution is 0.124. The van der Waals surface area contributed by atoms with Crippen molar-refractivity contribution in [3.8, 4) is 22.9 Å². The molecule has 0 saturated carbocycles. The zero-order chi connectivity index (χ0) is 21.4. The highest BCUT2D eigenvalue weighted by Gasteiger charge is 2.31. The van der Waals surface area contributed by atoms with E-state index in [2.05, 4.69) is 15.1 Å². The molecule has 5 rings (SSSR count). The first kappa shape index (κ1) is 20.0. The van der Waals surface area contributed by atoms with E-state index in [1.807, 2.05) is 13.2 Å². The SMILES string of the molecule is Cn1cc(-c2cnc(OC3CCN(S(=O)(=O)c4ccc5c(c4)CCO5)CC3)nc2)cn1. The molecule has 31 heavy (non-hydrogen) atoms. The van der Waals surface area contributed by atoms with Crippen molar-refractivity contribution in [1.29, 1.82) is 0 Å². The van der Waals surface area contributed by atoms with Gasteiger partial charge < -0.3 is 9.47 Å². The van der Waals surface area contributed by atoms with E-state index in [1.54, 1.807) is 41.5 Å². The summed E-state index contributed by atoms with van der Waals surface area (Å²) in [4.78, 5) is 8.91. The van der Waals surface area contributed by atoms with E-state index < -0.39 is 10.0 Å². The van der Waals surface area contributed by atoms with Gasteiger partial charge in [-0.05, 0) is 36.6 Å². The average molecular weight is 442 g/mol. The molecule has 162 valence electrons. The van der Waals surface area contributed by atoms with E-state index in [9.17, 15) is 8.42 Å². The van der Waals surface area contributed by atoms with Gasteiger partial charge in [-0.25, -0.2) is 18.4 Å². The minimum Gasteiger partial charge on any atom is -0.493 e. The zero-order valence-electron chi connectivity index (χ0n) is 17.1. The van der Waals surface area contributed by atoms with Gasteiger partial charge in [0.15, 0.2) is 0 Å². The summed E-state index contributed by atoms with van der Waals surface area (Å²) in [6.07, 6.45) is 8.85. The number of rotatable bonds is 5. The third-order valence-electron chi connectivity index (χ3n) is 5.64. The number of aryl methyl sites for hydroxylation is 1. The van der Waals surface area contributed by atoms with Crippen LogP contribution in [0.15, 0.2) is 47.9 Å². The molecule has 0 aliphatic carbocycles. The summed E-state index contributed by atoms with van der Waals surface area (Å²) in [5, 5.41) is 4.14. The maximum Gasteiger partial charge on any atom is 0.316 e. The molecule has 10 heteroatoms. The summed E-state index contributed by atoms with van der Waals surface area (Å²) in [5.41, 5.74) is 2.75. The lowest BCUT2D eigenvalue weighted by Gasteiger charge is -2.31. The number of ether oxygens (including phenoxy) is 2. The second-order valence-corrected chi connectivity index (χ2v) is 9.68. The van der Waals surface area contributed by atoms with Crippen LogP contribution in [0.3, 0.4) is 0 Å². The largest absolute Gasteiger partial charge is 0.493 e. The highest BCUT2D eigenvalue weighted by molar-refractivity contribution is 7.89. The maximum atomic E-state index is 13.0. The van der Waals surface area contributed by atoms with Crippen LogP contribution in [0.25, 0.3) is 11.1 Å². The monoisotopic (exact) mass is 441 g/mol. The molecule has 2 aliphatic heterocycles. The first-order chi connectivity index (χ1) is 15.0. The molecule has 9 nitrogen and oxygen atoms in total. The van der Waals surface area contributed by atoms with Gasteiger partial charge in [-0.2, -0.15) is 9.40 Å². The summed E-state index contributed by atoms with van der Waals surface area (Å²) in [6, 6.07) is 5.41. The Morgan fingerprint density at radius 3 is 2.58 bits per heavy atom. The third kappa shape index (κ3) is 4.00. The van der Waals surface area contributed by atoms with E-state index in [0.717, 1.165) is 28.9 Å². The van der Waals surface area contributed by atoms with Crippen molar-refractivity contribution < 1.29 is 17.9 Å². The van der Waals surface area contributed by atoms with Gasteiger partial charge in [-0.15, -0.1) is 0 Å². The molecule has 0 amide bonds. The van der Waals surface area contributed by atoms with Crippen LogP contribution in [0.4, 0.5) is 0 Å². The molecule has 2 aliphatic rings. The minimum atomic E-state index is -3.53. The van der Waals surface area contributed by atoms with Gasteiger partial charge in [-0.3, -0.25) is 4.68 Å². The number of sulfonamides is 1. The van der Waals surface area contributed by atoms with E-state index in [-0.39, 0.29) is 6.10 Å². The molecule has 0 unspecified atom stereocenters. The molecular weight excluding hydrogens is 418 g/mol. The number of nitrogens with zero attached hydrogens (tertiary/aromatic N) is 5. The van der Waals surface area contributed by atoms with Crippen LogP contribution >= 0.6 is 0 Å². The minimum absolute atomic E-state index is 0.121. The molecule has 2 aromatic heterocycles. The summed E-state index contributed by atoms with van der Waals surface area (Å²) >= 11 is 0. The topological polar surface area (TPSA) is 99.4 Å². The Morgan fingerprint density at radius 2 is 1.87 bits per heavy atom. The van der Waals surface area contributed by atoms with Gasteiger partial charge >= 0.3 is 6.01 Å². The van der Waals surface area contributed by atoms with Gasteiger partial charge in [0.2, 0.25) is 10.0 Å². The third-order valence-corrected chi connectivity index (χ3v) is 7.53. The van der Waals surface area contributed by atoms with Crippen LogP contribution in [-0.4, -0.2) is 58.3 Å². The molecular formula is C21H23N5O4S. The fourth-order valence-electron chi connectivity index (χ4n) is 3.91. The molecule has 0 spiro atoms. The predicted molar refractivity (Wildman–Crippen MR) is 112 cm³/mol. The standard InChI is InChI=1S/C21H23N5O4S/c1-25-14-17(13-24-25)16-11-22-21(23-12-16)30-18-4-7-26(8-5-18)31(27,28)19-2-3-20-15(10-19)6-9-29-20/h2-3,10-14,18H,4-9H2,1H3. The second kappa shape index (κ2) is 7.93. The number of fused-ring (bicyclic) bond motifs is 1. The molecule has 0 atom stereocenters. The highest BCUT2D eigenvalue weighted by Crippen LogP contribution is 2.30. The predicted octanol–water partition coefficient (Wildman–Crippen LogP) is 2.04. The second-order valence-electron chi connectivity index (χ2n) is 7.75. The Balaban J connectivity index is 1.20. The molecule has 0 radical (unpaired) electrons. The van der Waals surface area contributed by atoms with Crippen LogP contribution in [0.2, 0.25) is 0 Å². The number of piperidine rings is 1. The molecule has 4 heterocycles. The Kier molecular flexibility index (Phi) is 5.11. The summed E-state index contributed by atoms with van der Waals surface area (Å²) in [6.45, 7) is 1.40. The van der Waals surface area contributed by atoms with Crippen LogP contribution in [-0.2, 0) is 23.5 Å². The average Bonchev–Trinajstić information content (AvgIpc) is 3.43. The van der Waals surface area contributed by atoms with Crippen LogP contribution in [0.1, 0.15) is 18.4 Å². The van der Waals surface area contributed by atoms with Crippen molar-refractivity contribution in [1.82, 2.24) is 24.1 Å². The molecule has 1 aromatic carbocycles. The zero-order valence-corrected chi connectivity index (χ0v) is 18.0. The number of hydrogen-bond acceptors (Lipinski definition) is 7. The summed E-state index contributed by atoms with van der Waals surface area (Å²) in [7, 11) is -1.68. The Labute approximate surface area is 180 Å². The van der Waals surface area contributed by atoms with Gasteiger partial charge in [0.25, 0.3) is 0 Å². The normalized spacial score (nSPS) is 17.3. The highest BCUT2D eigenvalue weighted by atomic mass is 32.2. The van der Waals surface area contributed by atoms with Crippen molar-refractivity contribution in [2.45, 2.75) is 30.3 Å². The van der Waals surface area contributed by atoms with Crippen LogP contribution < -0.4 is 9.47 Å². The Hall–Kier alpha value is -2.98. The lowest BCUT2D eigenvalue weighted by Crippen LogP contribution is -2.41. The van der Waals surface area contributed by atoms with Crippen molar-refractivity contribution in [3.05, 3.63) is 48.5 Å². The number of hydrogen-bond donors (Lipinski definition) is 0. The maximum absolute atomic E-state index is 13.0. The summed E-state index contributed by atoms with van der Waals surface area (Å²) in [5.74, 6) is 0.778. The fraction of sp³-hybridized carbons (Fsp3) is 0.381. The van der Waals surface area contributed by atoms with Crippen LogP contribution in [0.5, 0.6) is 11.8 Å². The molecule has 0 bridgehead atoms. The summed E-state index contributed by atoms with van der Waals surface area (Å²) < 4.78 is 40.7. The van der Waals surface area contributed by atoms with Crippen molar-refractivity contribution in [3.63, 3.8) is 0 Å². The van der Waals surface area contributed by atoms with E-state index in [1.165, 1.54) is 4.31 Å². The van der Waals surface area contributed by atoms with E-state index in [4.69, 9.17) is 9.47 Å². The first-order valence-corrected chi connectivity index (χ1v) is 11.7. The van der Waals surface area contributed by atoms with E-state index >= 15 is 0 Å². The molecule has 1 saturated heterocycles. The van der Waals surface area contributed by atoms with Gasteiger partial charge in [-0.1, -0.05) is 0 Å². The first-order valence-electron chi connectivity index (χ1n) is 10.2. The lowest BCUT2D eigenvalue weighted by atomic mass is 10.1. The van der Waals surface area contributed by atoms with Crippen molar-refractivity contribution in [2.75, 3.05) is 19.7 Å². The Morgan fingerprint density at radius 1 is 1.10 bits per heavy atom. The Bertz CT molecular complexity index is 1180.